The number of hydrogen-bond donors (Lipinski definition) is 2. The first kappa shape index (κ1) is 31.0. The predicted molar refractivity (Wildman–Crippen MR) is 146 cm³/mol. The van der Waals surface area contributed by atoms with E-state index in [1.165, 1.54) is 23.2 Å². The summed E-state index contributed by atoms with van der Waals surface area (Å²) in [6.45, 7) is 3.52. The number of fused-ring (bicyclic) bond motifs is 4. The average Bonchev–Trinajstić information content (AvgIpc) is 3.31. The molecule has 4 aromatic rings. The molecule has 43 heavy (non-hydrogen) atoms. The molecule has 0 unspecified atom stereocenters. The molecule has 1 amide bonds. The van der Waals surface area contributed by atoms with E-state index in [1.54, 1.807) is 30.1 Å². The van der Waals surface area contributed by atoms with Crippen LogP contribution in [-0.2, 0) is 16.6 Å². The maximum atomic E-state index is 14.6. The van der Waals surface area contributed by atoms with Crippen LogP contribution in [0.15, 0.2) is 54.0 Å². The van der Waals surface area contributed by atoms with Gasteiger partial charge in [0, 0.05) is 37.0 Å². The minimum atomic E-state index is -5.08. The molecule has 4 aromatic heterocycles. The number of rotatable bonds is 2. The second kappa shape index (κ2) is 12.5. The third-order valence-electron chi connectivity index (χ3n) is 6.89. The summed E-state index contributed by atoms with van der Waals surface area (Å²) >= 11 is 0. The number of carboxylic acid groups (broad SMARTS) is 1. The minimum absolute atomic E-state index is 0.0432. The normalized spacial score (nSPS) is 17.0. The number of halogens is 4. The van der Waals surface area contributed by atoms with Gasteiger partial charge in [-0.05, 0) is 43.5 Å². The molecule has 0 saturated carbocycles. The maximum Gasteiger partial charge on any atom is 0.490 e. The average molecular weight is 602 g/mol. The molecule has 0 saturated heterocycles. The van der Waals surface area contributed by atoms with Crippen molar-refractivity contribution in [3.63, 3.8) is 0 Å². The van der Waals surface area contributed by atoms with Gasteiger partial charge in [-0.3, -0.25) is 28.8 Å². The van der Waals surface area contributed by atoms with Crippen LogP contribution in [0.2, 0.25) is 0 Å². The van der Waals surface area contributed by atoms with E-state index >= 15 is 0 Å². The highest BCUT2D eigenvalue weighted by atomic mass is 19.4. The van der Waals surface area contributed by atoms with Gasteiger partial charge in [-0.2, -0.15) is 18.3 Å². The van der Waals surface area contributed by atoms with Gasteiger partial charge in [-0.1, -0.05) is 13.3 Å². The number of aliphatic carboxylic acids is 1. The molecule has 0 radical (unpaired) electrons. The van der Waals surface area contributed by atoms with Crippen LogP contribution in [0.1, 0.15) is 43.5 Å². The lowest BCUT2D eigenvalue weighted by molar-refractivity contribution is -0.192. The molecule has 5 rings (SSSR count). The second-order valence-electron chi connectivity index (χ2n) is 9.95. The predicted octanol–water partition coefficient (Wildman–Crippen LogP) is 4.53. The summed E-state index contributed by atoms with van der Waals surface area (Å²) in [5, 5.41) is 14.4. The zero-order chi connectivity index (χ0) is 31.5. The van der Waals surface area contributed by atoms with Crippen LogP contribution in [0.3, 0.4) is 0 Å². The lowest BCUT2D eigenvalue weighted by atomic mass is 9.97. The van der Waals surface area contributed by atoms with Crippen molar-refractivity contribution in [3.05, 3.63) is 76.6 Å². The number of aromatic nitrogens is 6. The fraction of sp³-hybridized carbons (Fsp3) is 0.321. The van der Waals surface area contributed by atoms with Gasteiger partial charge >= 0.3 is 12.1 Å². The summed E-state index contributed by atoms with van der Waals surface area (Å²) in [5.41, 5.74) is 3.20. The third-order valence-corrected chi connectivity index (χ3v) is 6.89. The topological polar surface area (TPSA) is 145 Å². The third kappa shape index (κ3) is 6.93. The first-order valence-electron chi connectivity index (χ1n) is 13.1. The maximum absolute atomic E-state index is 14.6. The number of carboxylic acids is 1. The Hall–Kier alpha value is -4.95. The lowest BCUT2D eigenvalue weighted by Gasteiger charge is -2.22. The SMILES string of the molecule is Cc1ccnc(-c2cc(=O)n([C@H]3CCC[C@@H](C)C(=O)Nc4cnn(C)c4-c4ccnc3c4)cn2)c1F.O=C(O)C(F)(F)F. The second-order valence-corrected chi connectivity index (χ2v) is 9.95. The number of hydrogen-bond acceptors (Lipinski definition) is 7. The van der Waals surface area contributed by atoms with Gasteiger partial charge in [-0.15, -0.1) is 0 Å². The van der Waals surface area contributed by atoms with E-state index in [0.29, 0.717) is 36.2 Å². The van der Waals surface area contributed by atoms with E-state index in [4.69, 9.17) is 9.90 Å². The number of pyridine rings is 2. The number of nitrogens with zero attached hydrogens (tertiary/aromatic N) is 6. The van der Waals surface area contributed by atoms with Gasteiger partial charge in [0.1, 0.15) is 5.69 Å². The van der Waals surface area contributed by atoms with E-state index in [9.17, 15) is 27.2 Å². The molecule has 1 aliphatic heterocycles. The highest BCUT2D eigenvalue weighted by molar-refractivity contribution is 5.95. The van der Waals surface area contributed by atoms with Crippen LogP contribution in [0, 0.1) is 18.7 Å². The Morgan fingerprint density at radius 2 is 1.79 bits per heavy atom. The van der Waals surface area contributed by atoms with E-state index < -0.39 is 24.0 Å². The number of anilines is 1. The van der Waals surface area contributed by atoms with Crippen LogP contribution in [0.4, 0.5) is 23.2 Å². The van der Waals surface area contributed by atoms with Crippen molar-refractivity contribution in [2.45, 2.75) is 45.3 Å². The zero-order valence-corrected chi connectivity index (χ0v) is 23.3. The van der Waals surface area contributed by atoms with Crippen molar-refractivity contribution >= 4 is 17.6 Å². The molecular formula is C28H27F4N7O4. The Balaban J connectivity index is 0.000000541. The highest BCUT2D eigenvalue weighted by Gasteiger charge is 2.38. The molecule has 1 aliphatic rings. The van der Waals surface area contributed by atoms with E-state index in [-0.39, 0.29) is 28.8 Å². The van der Waals surface area contributed by atoms with Crippen molar-refractivity contribution in [3.8, 4) is 22.6 Å². The van der Waals surface area contributed by atoms with Crippen LogP contribution in [-0.4, -0.2) is 52.5 Å². The van der Waals surface area contributed by atoms with E-state index in [0.717, 1.165) is 11.3 Å². The standard InChI is InChI=1S/C26H26FN7O2.C2HF3O2/c1-15-7-9-29-24(23(15)27)19-12-22(35)34(14-30-19)21-6-4-5-16(2)26(36)32-20-13-31-33(3)25(20)17-8-10-28-18(21)11-17;3-2(4,5)1(6)7/h7-14,16,21H,4-6H2,1-3H3,(H,32,36);(H,6,7)/t16-,21+;/m1./s1. The molecule has 226 valence electrons. The molecule has 5 heterocycles. The summed E-state index contributed by atoms with van der Waals surface area (Å²) < 4.78 is 49.6. The number of amides is 1. The zero-order valence-electron chi connectivity index (χ0n) is 23.3. The van der Waals surface area contributed by atoms with Crippen molar-refractivity contribution in [1.29, 1.82) is 0 Å². The molecule has 0 aromatic carbocycles. The first-order chi connectivity index (χ1) is 20.3. The van der Waals surface area contributed by atoms with Gasteiger partial charge in [-0.25, -0.2) is 14.2 Å². The first-order valence-corrected chi connectivity index (χ1v) is 13.1. The van der Waals surface area contributed by atoms with Crippen LogP contribution < -0.4 is 10.9 Å². The molecule has 2 bridgehead atoms. The molecule has 2 atom stereocenters. The summed E-state index contributed by atoms with van der Waals surface area (Å²) in [6, 6.07) is 6.21. The Labute approximate surface area is 242 Å². The van der Waals surface area contributed by atoms with Crippen LogP contribution in [0.5, 0.6) is 0 Å². The quantitative estimate of drug-likeness (QED) is 0.319. The van der Waals surface area contributed by atoms with Crippen LogP contribution >= 0.6 is 0 Å². The molecule has 0 aliphatic carbocycles. The number of nitrogens with one attached hydrogen (secondary N) is 1. The monoisotopic (exact) mass is 601 g/mol. The lowest BCUT2D eigenvalue weighted by Crippen LogP contribution is -2.27. The van der Waals surface area contributed by atoms with Gasteiger partial charge in [0.25, 0.3) is 5.56 Å². The number of carbonyl (C=O) groups excluding carboxylic acids is 1. The largest absolute Gasteiger partial charge is 0.490 e. The summed E-state index contributed by atoms with van der Waals surface area (Å²) in [7, 11) is 1.81. The molecule has 0 spiro atoms. The van der Waals surface area contributed by atoms with Crippen molar-refractivity contribution in [2.75, 3.05) is 5.32 Å². The smallest absolute Gasteiger partial charge is 0.475 e. The Morgan fingerprint density at radius 3 is 2.47 bits per heavy atom. The van der Waals surface area contributed by atoms with Gasteiger partial charge in [0.15, 0.2) is 5.82 Å². The number of alkyl halides is 3. The fourth-order valence-electron chi connectivity index (χ4n) is 4.58. The molecule has 11 nitrogen and oxygen atoms in total. The van der Waals surface area contributed by atoms with Gasteiger partial charge in [0.2, 0.25) is 5.91 Å². The Kier molecular flexibility index (Phi) is 9.01. The Bertz CT molecular complexity index is 1720. The summed E-state index contributed by atoms with van der Waals surface area (Å²) in [6.07, 6.45) is 3.05. The summed E-state index contributed by atoms with van der Waals surface area (Å²) in [5.74, 6) is -3.56. The van der Waals surface area contributed by atoms with Crippen molar-refractivity contribution < 1.29 is 32.3 Å². The molecule has 0 fully saturated rings. The highest BCUT2D eigenvalue weighted by Crippen LogP contribution is 2.32. The molecule has 15 heteroatoms. The van der Waals surface area contributed by atoms with Crippen molar-refractivity contribution in [2.24, 2.45) is 13.0 Å². The molecular weight excluding hydrogens is 574 g/mol. The van der Waals surface area contributed by atoms with E-state index in [2.05, 4.69) is 25.4 Å². The Morgan fingerprint density at radius 1 is 1.09 bits per heavy atom. The molecule has 2 N–H and O–H groups in total. The fourth-order valence-corrected chi connectivity index (χ4v) is 4.58. The number of carbonyl (C=O) groups is 2. The van der Waals surface area contributed by atoms with Gasteiger partial charge in [0.05, 0.1) is 41.3 Å². The van der Waals surface area contributed by atoms with Gasteiger partial charge < -0.3 is 10.4 Å². The summed E-state index contributed by atoms with van der Waals surface area (Å²) in [4.78, 5) is 48.0. The van der Waals surface area contributed by atoms with Crippen LogP contribution in [0.25, 0.3) is 22.6 Å². The number of aryl methyl sites for hydroxylation is 2. The minimum Gasteiger partial charge on any atom is -0.475 e. The van der Waals surface area contributed by atoms with Crippen molar-refractivity contribution in [1.82, 2.24) is 29.3 Å². The van der Waals surface area contributed by atoms with E-state index in [1.807, 2.05) is 26.1 Å².